The average molecular weight is 304 g/mol. The van der Waals surface area contributed by atoms with Gasteiger partial charge in [-0.25, -0.2) is 0 Å². The van der Waals surface area contributed by atoms with Crippen LogP contribution in [-0.4, -0.2) is 18.4 Å². The number of rotatable bonds is 3. The molecule has 1 aliphatic heterocycles. The Kier molecular flexibility index (Phi) is 4.11. The zero-order chi connectivity index (χ0) is 16.2. The van der Waals surface area contributed by atoms with Crippen molar-refractivity contribution in [1.82, 2.24) is 0 Å². The van der Waals surface area contributed by atoms with Crippen molar-refractivity contribution in [2.45, 2.75) is 12.8 Å². The number of benzene rings is 2. The summed E-state index contributed by atoms with van der Waals surface area (Å²) in [6.45, 7) is 0.703. The molecule has 23 heavy (non-hydrogen) atoms. The van der Waals surface area contributed by atoms with Crippen LogP contribution in [0.1, 0.15) is 28.8 Å². The highest BCUT2D eigenvalue weighted by Gasteiger charge is 2.22. The summed E-state index contributed by atoms with van der Waals surface area (Å²) in [5, 5.41) is 2.82. The van der Waals surface area contributed by atoms with Crippen molar-refractivity contribution in [3.05, 3.63) is 59.7 Å². The molecule has 1 fully saturated rings. The molecule has 1 aliphatic rings. The van der Waals surface area contributed by atoms with Crippen molar-refractivity contribution < 1.29 is 9.59 Å². The molecule has 1 heterocycles. The molecule has 0 saturated carbocycles. The second-order valence-electron chi connectivity index (χ2n) is 5.38. The third-order valence-electron chi connectivity index (χ3n) is 3.78. The molecule has 3 rings (SSSR count). The number of carbonyl (C=O) groups excluding carboxylic acids is 2. The van der Waals surface area contributed by atoms with Gasteiger partial charge < -0.3 is 10.2 Å². The van der Waals surface area contributed by atoms with Gasteiger partial charge in [0.25, 0.3) is 5.91 Å². The molecule has 0 atom stereocenters. The fourth-order valence-electron chi connectivity index (χ4n) is 2.63. The summed E-state index contributed by atoms with van der Waals surface area (Å²) in [7, 11) is 0. The normalized spacial score (nSPS) is 13.7. The second-order valence-corrected chi connectivity index (χ2v) is 5.38. The molecule has 0 spiro atoms. The number of carbonyl (C=O) groups is 2. The van der Waals surface area contributed by atoms with Crippen LogP contribution in [0, 0.1) is 12.3 Å². The summed E-state index contributed by atoms with van der Waals surface area (Å²) in [5.74, 6) is 2.41. The lowest BCUT2D eigenvalue weighted by Crippen LogP contribution is -2.24. The van der Waals surface area contributed by atoms with Crippen LogP contribution in [0.15, 0.2) is 48.5 Å². The standard InChI is InChI=1S/C19H16N2O2/c1-2-14-6-3-8-16(12-14)20-19(23)15-7-4-9-17(13-15)21-11-5-10-18(21)22/h1,3-4,6-9,12-13H,5,10-11H2,(H,20,23). The van der Waals surface area contributed by atoms with Gasteiger partial charge in [-0.05, 0) is 42.8 Å². The van der Waals surface area contributed by atoms with Gasteiger partial charge in [-0.3, -0.25) is 9.59 Å². The van der Waals surface area contributed by atoms with Gasteiger partial charge in [-0.15, -0.1) is 6.42 Å². The Morgan fingerprint density at radius 3 is 2.74 bits per heavy atom. The maximum absolute atomic E-state index is 12.4. The predicted molar refractivity (Wildman–Crippen MR) is 90.4 cm³/mol. The van der Waals surface area contributed by atoms with E-state index in [0.29, 0.717) is 29.8 Å². The van der Waals surface area contributed by atoms with Crippen molar-refractivity contribution in [3.63, 3.8) is 0 Å². The number of hydrogen-bond donors (Lipinski definition) is 1. The van der Waals surface area contributed by atoms with Crippen molar-refractivity contribution in [2.24, 2.45) is 0 Å². The first kappa shape index (κ1) is 14.9. The fourth-order valence-corrected chi connectivity index (χ4v) is 2.63. The average Bonchev–Trinajstić information content (AvgIpc) is 3.01. The Labute approximate surface area is 135 Å². The highest BCUT2D eigenvalue weighted by molar-refractivity contribution is 6.05. The molecule has 2 aromatic rings. The monoisotopic (exact) mass is 304 g/mol. The van der Waals surface area contributed by atoms with E-state index in [1.807, 2.05) is 6.07 Å². The zero-order valence-corrected chi connectivity index (χ0v) is 12.6. The predicted octanol–water partition coefficient (Wildman–Crippen LogP) is 3.05. The van der Waals surface area contributed by atoms with Crippen molar-refractivity contribution in [2.75, 3.05) is 16.8 Å². The van der Waals surface area contributed by atoms with E-state index >= 15 is 0 Å². The quantitative estimate of drug-likeness (QED) is 0.886. The molecule has 1 saturated heterocycles. The molecular weight excluding hydrogens is 288 g/mol. The second kappa shape index (κ2) is 6.37. The van der Waals surface area contributed by atoms with E-state index < -0.39 is 0 Å². The first-order valence-electron chi connectivity index (χ1n) is 7.46. The molecular formula is C19H16N2O2. The molecule has 4 heteroatoms. The van der Waals surface area contributed by atoms with Gasteiger partial charge in [0.1, 0.15) is 0 Å². The smallest absolute Gasteiger partial charge is 0.255 e. The van der Waals surface area contributed by atoms with E-state index in [-0.39, 0.29) is 11.8 Å². The summed E-state index contributed by atoms with van der Waals surface area (Å²) in [6.07, 6.45) is 6.78. The van der Waals surface area contributed by atoms with Crippen LogP contribution in [0.4, 0.5) is 11.4 Å². The minimum atomic E-state index is -0.229. The number of amides is 2. The lowest BCUT2D eigenvalue weighted by Gasteiger charge is -2.16. The first-order valence-corrected chi connectivity index (χ1v) is 7.46. The number of nitrogens with one attached hydrogen (secondary N) is 1. The fraction of sp³-hybridized carbons (Fsp3) is 0.158. The number of nitrogens with zero attached hydrogens (tertiary/aromatic N) is 1. The van der Waals surface area contributed by atoms with Crippen LogP contribution < -0.4 is 10.2 Å². The minimum absolute atomic E-state index is 0.101. The van der Waals surface area contributed by atoms with Gasteiger partial charge in [-0.1, -0.05) is 18.1 Å². The van der Waals surface area contributed by atoms with E-state index in [0.717, 1.165) is 12.1 Å². The van der Waals surface area contributed by atoms with E-state index in [1.165, 1.54) is 0 Å². The van der Waals surface area contributed by atoms with E-state index in [1.54, 1.807) is 47.4 Å². The third-order valence-corrected chi connectivity index (χ3v) is 3.78. The number of hydrogen-bond acceptors (Lipinski definition) is 2. The highest BCUT2D eigenvalue weighted by atomic mass is 16.2. The zero-order valence-electron chi connectivity index (χ0n) is 12.6. The Hall–Kier alpha value is -3.06. The van der Waals surface area contributed by atoms with Crippen LogP contribution >= 0.6 is 0 Å². The molecule has 0 radical (unpaired) electrons. The van der Waals surface area contributed by atoms with Crippen molar-refractivity contribution >= 4 is 23.2 Å². The van der Waals surface area contributed by atoms with Crippen LogP contribution in [-0.2, 0) is 4.79 Å². The molecule has 2 aromatic carbocycles. The molecule has 0 aliphatic carbocycles. The Morgan fingerprint density at radius 2 is 2.00 bits per heavy atom. The SMILES string of the molecule is C#Cc1cccc(NC(=O)c2cccc(N3CCCC3=O)c2)c1. The molecule has 4 nitrogen and oxygen atoms in total. The molecule has 114 valence electrons. The van der Waals surface area contributed by atoms with Gasteiger partial charge in [-0.2, -0.15) is 0 Å². The Morgan fingerprint density at radius 1 is 1.17 bits per heavy atom. The van der Waals surface area contributed by atoms with E-state index in [9.17, 15) is 9.59 Å². The number of terminal acetylenes is 1. The Bertz CT molecular complexity index is 805. The molecule has 0 unspecified atom stereocenters. The van der Waals surface area contributed by atoms with Crippen molar-refractivity contribution in [1.29, 1.82) is 0 Å². The van der Waals surface area contributed by atoms with Crippen LogP contribution in [0.3, 0.4) is 0 Å². The first-order chi connectivity index (χ1) is 11.2. The van der Waals surface area contributed by atoms with Gasteiger partial charge >= 0.3 is 0 Å². The van der Waals surface area contributed by atoms with Crippen LogP contribution in [0.2, 0.25) is 0 Å². The van der Waals surface area contributed by atoms with Gasteiger partial charge in [0.15, 0.2) is 0 Å². The maximum atomic E-state index is 12.4. The molecule has 0 aromatic heterocycles. The number of anilines is 2. The topological polar surface area (TPSA) is 49.4 Å². The summed E-state index contributed by atoms with van der Waals surface area (Å²) in [6, 6.07) is 14.2. The minimum Gasteiger partial charge on any atom is -0.322 e. The molecule has 1 N–H and O–H groups in total. The summed E-state index contributed by atoms with van der Waals surface area (Å²) in [4.78, 5) is 25.9. The lowest BCUT2D eigenvalue weighted by molar-refractivity contribution is -0.117. The summed E-state index contributed by atoms with van der Waals surface area (Å²) >= 11 is 0. The maximum Gasteiger partial charge on any atom is 0.255 e. The van der Waals surface area contributed by atoms with Gasteiger partial charge in [0, 0.05) is 35.5 Å². The third kappa shape index (κ3) is 3.24. The summed E-state index contributed by atoms with van der Waals surface area (Å²) in [5.41, 5.74) is 2.62. The Balaban J connectivity index is 1.80. The van der Waals surface area contributed by atoms with Crippen LogP contribution in [0.5, 0.6) is 0 Å². The molecule has 2 amide bonds. The van der Waals surface area contributed by atoms with E-state index in [4.69, 9.17) is 6.42 Å². The largest absolute Gasteiger partial charge is 0.322 e. The van der Waals surface area contributed by atoms with E-state index in [2.05, 4.69) is 11.2 Å². The van der Waals surface area contributed by atoms with Crippen LogP contribution in [0.25, 0.3) is 0 Å². The van der Waals surface area contributed by atoms with Gasteiger partial charge in [0.2, 0.25) is 5.91 Å². The van der Waals surface area contributed by atoms with Gasteiger partial charge in [0.05, 0.1) is 0 Å². The lowest BCUT2D eigenvalue weighted by atomic mass is 10.1. The van der Waals surface area contributed by atoms with Crippen molar-refractivity contribution in [3.8, 4) is 12.3 Å². The summed E-state index contributed by atoms with van der Waals surface area (Å²) < 4.78 is 0. The highest BCUT2D eigenvalue weighted by Crippen LogP contribution is 2.22. The molecule has 0 bridgehead atoms.